The molecule has 1 heterocycles. The molecule has 4 nitrogen and oxygen atoms in total. The van der Waals surface area contributed by atoms with Gasteiger partial charge in [0.15, 0.2) is 0 Å². The van der Waals surface area contributed by atoms with Gasteiger partial charge in [-0.25, -0.2) is 4.98 Å². The molecule has 116 valence electrons. The van der Waals surface area contributed by atoms with Crippen molar-refractivity contribution in [3.05, 3.63) is 52.6 Å². The first-order chi connectivity index (χ1) is 10.6. The molecule has 0 saturated carbocycles. The molecule has 5 heteroatoms. The van der Waals surface area contributed by atoms with Gasteiger partial charge >= 0.3 is 0 Å². The Hall–Kier alpha value is -1.88. The monoisotopic (exact) mass is 361 g/mol. The lowest BCUT2D eigenvalue weighted by Gasteiger charge is -2.09. The van der Waals surface area contributed by atoms with Gasteiger partial charge in [0.05, 0.1) is 11.3 Å². The van der Waals surface area contributed by atoms with E-state index < -0.39 is 0 Å². The van der Waals surface area contributed by atoms with Gasteiger partial charge in [-0.2, -0.15) is 0 Å². The van der Waals surface area contributed by atoms with Crippen LogP contribution in [0, 0.1) is 5.92 Å². The van der Waals surface area contributed by atoms with E-state index in [1.54, 1.807) is 18.3 Å². The highest BCUT2D eigenvalue weighted by molar-refractivity contribution is 9.10. The molecule has 0 fully saturated rings. The number of nitrogens with zero attached hydrogens (tertiary/aromatic N) is 1. The Bertz CT molecular complexity index is 626. The second kappa shape index (κ2) is 7.94. The number of aromatic nitrogens is 1. The van der Waals surface area contributed by atoms with Crippen molar-refractivity contribution in [2.24, 2.45) is 5.92 Å². The van der Waals surface area contributed by atoms with Crippen LogP contribution < -0.4 is 10.6 Å². The molecule has 0 unspecified atom stereocenters. The van der Waals surface area contributed by atoms with E-state index in [9.17, 15) is 4.79 Å². The van der Waals surface area contributed by atoms with Crippen LogP contribution in [0.2, 0.25) is 0 Å². The van der Waals surface area contributed by atoms with Crippen LogP contribution in [-0.2, 0) is 0 Å². The Labute approximate surface area is 139 Å². The molecule has 1 aromatic carbocycles. The van der Waals surface area contributed by atoms with E-state index in [0.29, 0.717) is 23.8 Å². The summed E-state index contributed by atoms with van der Waals surface area (Å²) >= 11 is 3.48. The minimum absolute atomic E-state index is 0.0828. The third kappa shape index (κ3) is 4.84. The summed E-state index contributed by atoms with van der Waals surface area (Å²) in [6.07, 6.45) is 2.56. The van der Waals surface area contributed by atoms with E-state index in [-0.39, 0.29) is 5.91 Å². The van der Waals surface area contributed by atoms with Crippen molar-refractivity contribution in [3.8, 4) is 0 Å². The van der Waals surface area contributed by atoms with Crippen molar-refractivity contribution < 1.29 is 4.79 Å². The Balaban J connectivity index is 1.95. The zero-order valence-corrected chi connectivity index (χ0v) is 14.4. The smallest absolute Gasteiger partial charge is 0.252 e. The summed E-state index contributed by atoms with van der Waals surface area (Å²) in [6.45, 7) is 4.96. The fourth-order valence-corrected chi connectivity index (χ4v) is 2.26. The fraction of sp³-hybridized carbons (Fsp3) is 0.294. The number of hydrogen-bond acceptors (Lipinski definition) is 3. The maximum Gasteiger partial charge on any atom is 0.252 e. The fourth-order valence-electron chi connectivity index (χ4n) is 1.88. The third-order valence-electron chi connectivity index (χ3n) is 3.17. The second-order valence-corrected chi connectivity index (χ2v) is 6.33. The van der Waals surface area contributed by atoms with Crippen molar-refractivity contribution in [1.82, 2.24) is 10.3 Å². The summed E-state index contributed by atoms with van der Waals surface area (Å²) in [7, 11) is 0. The predicted molar refractivity (Wildman–Crippen MR) is 93.4 cm³/mol. The van der Waals surface area contributed by atoms with Gasteiger partial charge in [0, 0.05) is 17.2 Å². The molecule has 1 aromatic heterocycles. The first kappa shape index (κ1) is 16.5. The zero-order chi connectivity index (χ0) is 15.9. The molecule has 2 aromatic rings. The first-order valence-electron chi connectivity index (χ1n) is 7.32. The molecule has 2 rings (SSSR count). The maximum atomic E-state index is 12.0. The zero-order valence-electron chi connectivity index (χ0n) is 12.8. The number of benzene rings is 1. The second-order valence-electron chi connectivity index (χ2n) is 5.48. The SMILES string of the molecule is CC(C)CCNC(=O)c1ccc(Nc2ccccc2Br)nc1. The molecule has 0 radical (unpaired) electrons. The molecule has 2 N–H and O–H groups in total. The quantitative estimate of drug-likeness (QED) is 0.803. The molecule has 0 bridgehead atoms. The molecule has 0 aliphatic heterocycles. The lowest BCUT2D eigenvalue weighted by Crippen LogP contribution is -2.25. The third-order valence-corrected chi connectivity index (χ3v) is 3.86. The van der Waals surface area contributed by atoms with E-state index in [0.717, 1.165) is 16.6 Å². The van der Waals surface area contributed by atoms with Crippen LogP contribution in [-0.4, -0.2) is 17.4 Å². The van der Waals surface area contributed by atoms with Crippen LogP contribution in [0.3, 0.4) is 0 Å². The minimum Gasteiger partial charge on any atom is -0.352 e. The number of pyridine rings is 1. The van der Waals surface area contributed by atoms with Crippen LogP contribution >= 0.6 is 15.9 Å². The van der Waals surface area contributed by atoms with Gasteiger partial charge in [-0.1, -0.05) is 26.0 Å². The Kier molecular flexibility index (Phi) is 5.95. The Morgan fingerprint density at radius 3 is 2.64 bits per heavy atom. The average Bonchev–Trinajstić information content (AvgIpc) is 2.50. The summed E-state index contributed by atoms with van der Waals surface area (Å²) in [5.74, 6) is 1.19. The average molecular weight is 362 g/mol. The van der Waals surface area contributed by atoms with Crippen LogP contribution in [0.25, 0.3) is 0 Å². The lowest BCUT2D eigenvalue weighted by atomic mass is 10.1. The number of carbonyl (C=O) groups is 1. The first-order valence-corrected chi connectivity index (χ1v) is 8.11. The summed E-state index contributed by atoms with van der Waals surface area (Å²) in [4.78, 5) is 16.3. The molecule has 0 spiro atoms. The van der Waals surface area contributed by atoms with Gasteiger partial charge in [-0.05, 0) is 52.5 Å². The molecular formula is C17H20BrN3O. The highest BCUT2D eigenvalue weighted by Gasteiger charge is 2.06. The van der Waals surface area contributed by atoms with Crippen molar-refractivity contribution in [2.45, 2.75) is 20.3 Å². The van der Waals surface area contributed by atoms with Crippen molar-refractivity contribution in [3.63, 3.8) is 0 Å². The van der Waals surface area contributed by atoms with Gasteiger partial charge in [0.1, 0.15) is 5.82 Å². The molecule has 1 amide bonds. The van der Waals surface area contributed by atoms with Crippen LogP contribution in [0.15, 0.2) is 47.1 Å². The largest absolute Gasteiger partial charge is 0.352 e. The van der Waals surface area contributed by atoms with Crippen molar-refractivity contribution in [2.75, 3.05) is 11.9 Å². The van der Waals surface area contributed by atoms with Gasteiger partial charge in [-0.15, -0.1) is 0 Å². The highest BCUT2D eigenvalue weighted by Crippen LogP contribution is 2.24. The number of carbonyl (C=O) groups excluding carboxylic acids is 1. The van der Waals surface area contributed by atoms with Crippen LogP contribution in [0.4, 0.5) is 11.5 Å². The van der Waals surface area contributed by atoms with Crippen LogP contribution in [0.5, 0.6) is 0 Å². The maximum absolute atomic E-state index is 12.0. The number of para-hydroxylation sites is 1. The molecule has 0 aliphatic carbocycles. The Morgan fingerprint density at radius 1 is 1.23 bits per heavy atom. The molecule has 0 atom stereocenters. The number of hydrogen-bond donors (Lipinski definition) is 2. The van der Waals surface area contributed by atoms with Crippen molar-refractivity contribution in [1.29, 1.82) is 0 Å². The number of anilines is 2. The number of amides is 1. The van der Waals surface area contributed by atoms with E-state index in [1.807, 2.05) is 24.3 Å². The lowest BCUT2D eigenvalue weighted by molar-refractivity contribution is 0.0951. The van der Waals surface area contributed by atoms with E-state index in [2.05, 4.69) is 45.4 Å². The van der Waals surface area contributed by atoms with Gasteiger partial charge in [-0.3, -0.25) is 4.79 Å². The molecular weight excluding hydrogens is 342 g/mol. The number of rotatable bonds is 6. The predicted octanol–water partition coefficient (Wildman–Crippen LogP) is 4.36. The van der Waals surface area contributed by atoms with Gasteiger partial charge in [0.25, 0.3) is 5.91 Å². The van der Waals surface area contributed by atoms with Gasteiger partial charge in [0.2, 0.25) is 0 Å². The van der Waals surface area contributed by atoms with Gasteiger partial charge < -0.3 is 10.6 Å². The molecule has 0 aliphatic rings. The normalized spacial score (nSPS) is 10.5. The number of halogens is 1. The summed E-state index contributed by atoms with van der Waals surface area (Å²) in [6, 6.07) is 11.4. The van der Waals surface area contributed by atoms with Crippen molar-refractivity contribution >= 4 is 33.3 Å². The summed E-state index contributed by atoms with van der Waals surface area (Å²) in [5, 5.41) is 6.11. The van der Waals surface area contributed by atoms with E-state index >= 15 is 0 Å². The van der Waals surface area contributed by atoms with E-state index in [1.165, 1.54) is 0 Å². The molecule has 0 saturated heterocycles. The highest BCUT2D eigenvalue weighted by atomic mass is 79.9. The molecule has 22 heavy (non-hydrogen) atoms. The topological polar surface area (TPSA) is 54.0 Å². The number of nitrogens with one attached hydrogen (secondary N) is 2. The minimum atomic E-state index is -0.0828. The van der Waals surface area contributed by atoms with Crippen LogP contribution in [0.1, 0.15) is 30.6 Å². The summed E-state index contributed by atoms with van der Waals surface area (Å²) < 4.78 is 0.965. The summed E-state index contributed by atoms with van der Waals surface area (Å²) in [5.41, 5.74) is 1.51. The Morgan fingerprint density at radius 2 is 2.00 bits per heavy atom. The van der Waals surface area contributed by atoms with E-state index in [4.69, 9.17) is 0 Å². The standard InChI is InChI=1S/C17H20BrN3O/c1-12(2)9-10-19-17(22)13-7-8-16(20-11-13)21-15-6-4-3-5-14(15)18/h3-8,11-12H,9-10H2,1-2H3,(H,19,22)(H,20,21).